The smallest absolute Gasteiger partial charge is 0.332 e. The maximum absolute atomic E-state index is 13.8. The van der Waals surface area contributed by atoms with Crippen LogP contribution in [0.5, 0.6) is 5.88 Å². The number of aromatic nitrogens is 5. The molecule has 9 heteroatoms. The molecular weight excluding hydrogens is 482 g/mol. The Bertz CT molecular complexity index is 1550. The summed E-state index contributed by atoms with van der Waals surface area (Å²) < 4.78 is 10.8. The van der Waals surface area contributed by atoms with E-state index in [0.717, 1.165) is 29.7 Å². The highest BCUT2D eigenvalue weighted by Crippen LogP contribution is 2.30. The normalized spacial score (nSPS) is 14.1. The molecule has 200 valence electrons. The van der Waals surface area contributed by atoms with Crippen molar-refractivity contribution in [3.05, 3.63) is 74.6 Å². The number of ether oxygens (including phenoxy) is 1. The number of benzene rings is 1. The molecule has 1 N–H and O–H groups in total. The van der Waals surface area contributed by atoms with E-state index in [4.69, 9.17) is 14.7 Å². The van der Waals surface area contributed by atoms with Crippen molar-refractivity contribution < 1.29 is 9.84 Å². The molecule has 38 heavy (non-hydrogen) atoms. The van der Waals surface area contributed by atoms with Gasteiger partial charge in [0.15, 0.2) is 11.2 Å². The van der Waals surface area contributed by atoms with Gasteiger partial charge < -0.3 is 14.4 Å². The lowest BCUT2D eigenvalue weighted by atomic mass is 10.1. The maximum atomic E-state index is 13.8. The lowest BCUT2D eigenvalue weighted by Gasteiger charge is -2.15. The van der Waals surface area contributed by atoms with Crippen molar-refractivity contribution in [2.24, 2.45) is 0 Å². The van der Waals surface area contributed by atoms with Crippen molar-refractivity contribution in [3.63, 3.8) is 0 Å². The number of pyridine rings is 1. The van der Waals surface area contributed by atoms with Gasteiger partial charge in [-0.05, 0) is 64.5 Å². The van der Waals surface area contributed by atoms with Crippen LogP contribution in [0.1, 0.15) is 63.3 Å². The highest BCUT2D eigenvalue weighted by atomic mass is 16.5. The highest BCUT2D eigenvalue weighted by Gasteiger charge is 2.25. The number of imidazole rings is 1. The Morgan fingerprint density at radius 1 is 1.03 bits per heavy atom. The number of rotatable bonds is 9. The van der Waals surface area contributed by atoms with Crippen LogP contribution < -0.4 is 16.0 Å². The van der Waals surface area contributed by atoms with Gasteiger partial charge in [-0.15, -0.1) is 0 Å². The van der Waals surface area contributed by atoms with Crippen molar-refractivity contribution in [2.45, 2.75) is 78.1 Å². The number of aryl methyl sites for hydroxylation is 1. The molecule has 1 aromatic carbocycles. The summed E-state index contributed by atoms with van der Waals surface area (Å²) in [7, 11) is 0. The van der Waals surface area contributed by atoms with Gasteiger partial charge in [0.2, 0.25) is 5.88 Å². The van der Waals surface area contributed by atoms with E-state index in [1.54, 1.807) is 4.57 Å². The second-order valence-electron chi connectivity index (χ2n) is 10.3. The molecule has 0 saturated heterocycles. The molecule has 1 saturated carbocycles. The van der Waals surface area contributed by atoms with Crippen LogP contribution in [0.15, 0.2) is 52.1 Å². The summed E-state index contributed by atoms with van der Waals surface area (Å²) in [5.41, 5.74) is 2.41. The van der Waals surface area contributed by atoms with Gasteiger partial charge in [0.1, 0.15) is 11.9 Å². The van der Waals surface area contributed by atoms with E-state index in [9.17, 15) is 14.7 Å². The summed E-state index contributed by atoms with van der Waals surface area (Å²) in [5.74, 6) is 1.17. The molecule has 0 radical (unpaired) electrons. The fourth-order valence-corrected chi connectivity index (χ4v) is 5.29. The fourth-order valence-electron chi connectivity index (χ4n) is 5.29. The summed E-state index contributed by atoms with van der Waals surface area (Å²) in [6.07, 6.45) is 4.96. The number of nitrogens with zero attached hydrogens (tertiary/aromatic N) is 5. The van der Waals surface area contributed by atoms with E-state index in [1.165, 1.54) is 17.4 Å². The minimum atomic E-state index is -0.419. The molecule has 0 aliphatic heterocycles. The molecule has 1 fully saturated rings. The minimum absolute atomic E-state index is 0.111. The summed E-state index contributed by atoms with van der Waals surface area (Å²) in [5, 5.41) is 9.39. The molecule has 0 amide bonds. The molecule has 9 nitrogen and oxygen atoms in total. The Labute approximate surface area is 221 Å². The van der Waals surface area contributed by atoms with Crippen molar-refractivity contribution in [1.29, 1.82) is 0 Å². The SMILES string of the molecule is Cc1nc(OC2CCCC2)ccc1-c1nc2c(c(=O)n(CCCO)c(=O)n2C(C)C)n1Cc1ccccc1. The van der Waals surface area contributed by atoms with E-state index in [2.05, 4.69) is 0 Å². The van der Waals surface area contributed by atoms with Gasteiger partial charge in [-0.25, -0.2) is 14.8 Å². The van der Waals surface area contributed by atoms with Crippen molar-refractivity contribution in [3.8, 4) is 17.3 Å². The first-order valence-electron chi connectivity index (χ1n) is 13.4. The van der Waals surface area contributed by atoms with E-state index in [1.807, 2.05) is 67.8 Å². The van der Waals surface area contributed by atoms with Crippen LogP contribution in [0, 0.1) is 6.92 Å². The van der Waals surface area contributed by atoms with Gasteiger partial charge in [-0.3, -0.25) is 13.9 Å². The maximum Gasteiger partial charge on any atom is 0.332 e. The van der Waals surface area contributed by atoms with E-state index in [0.29, 0.717) is 35.8 Å². The van der Waals surface area contributed by atoms with Crippen molar-refractivity contribution in [2.75, 3.05) is 6.61 Å². The van der Waals surface area contributed by atoms with E-state index in [-0.39, 0.29) is 25.3 Å². The van der Waals surface area contributed by atoms with E-state index >= 15 is 0 Å². The average molecular weight is 518 g/mol. The zero-order valence-electron chi connectivity index (χ0n) is 22.3. The number of aliphatic hydroxyl groups is 1. The first-order chi connectivity index (χ1) is 18.4. The van der Waals surface area contributed by atoms with Crippen LogP contribution in [0.4, 0.5) is 0 Å². The third-order valence-corrected chi connectivity index (χ3v) is 7.19. The quantitative estimate of drug-likeness (QED) is 0.359. The predicted molar refractivity (Wildman–Crippen MR) is 147 cm³/mol. The van der Waals surface area contributed by atoms with Gasteiger partial charge in [-0.1, -0.05) is 30.3 Å². The van der Waals surface area contributed by atoms with Crippen LogP contribution in [-0.4, -0.2) is 41.5 Å². The van der Waals surface area contributed by atoms with Crippen LogP contribution in [0.3, 0.4) is 0 Å². The number of hydrogen-bond acceptors (Lipinski definition) is 6. The zero-order valence-corrected chi connectivity index (χ0v) is 22.3. The lowest BCUT2D eigenvalue weighted by Crippen LogP contribution is -2.41. The van der Waals surface area contributed by atoms with E-state index < -0.39 is 11.2 Å². The molecule has 1 aliphatic rings. The average Bonchev–Trinajstić information content (AvgIpc) is 3.53. The molecule has 3 aromatic heterocycles. The molecule has 1 aliphatic carbocycles. The molecule has 0 unspecified atom stereocenters. The third kappa shape index (κ3) is 4.90. The summed E-state index contributed by atoms with van der Waals surface area (Å²) >= 11 is 0. The lowest BCUT2D eigenvalue weighted by molar-refractivity contribution is 0.201. The minimum Gasteiger partial charge on any atom is -0.474 e. The van der Waals surface area contributed by atoms with Crippen LogP contribution in [-0.2, 0) is 13.1 Å². The van der Waals surface area contributed by atoms with Crippen LogP contribution in [0.2, 0.25) is 0 Å². The Morgan fingerprint density at radius 2 is 1.76 bits per heavy atom. The number of hydrogen-bond donors (Lipinski definition) is 1. The standard InChI is InChI=1S/C29H35N5O4/c1-19(2)34-27-25(28(36)32(29(34)37)16-9-17-35)33(18-21-10-5-4-6-11-21)26(31-27)23-14-15-24(30-20(23)3)38-22-12-7-8-13-22/h4-6,10-11,14-15,19,22,35H,7-9,12-13,16-18H2,1-3H3. The van der Waals surface area contributed by atoms with Gasteiger partial charge in [-0.2, -0.15) is 0 Å². The summed E-state index contributed by atoms with van der Waals surface area (Å²) in [6.45, 7) is 6.14. The Kier molecular flexibility index (Phi) is 7.46. The second kappa shape index (κ2) is 10.9. The Hall–Kier alpha value is -3.72. The number of fused-ring (bicyclic) bond motifs is 1. The fraction of sp³-hybridized carbons (Fsp3) is 0.448. The monoisotopic (exact) mass is 517 g/mol. The van der Waals surface area contributed by atoms with Crippen molar-refractivity contribution in [1.82, 2.24) is 23.7 Å². The second-order valence-corrected chi connectivity index (χ2v) is 10.3. The summed E-state index contributed by atoms with van der Waals surface area (Å²) in [6, 6.07) is 13.5. The number of aliphatic hydroxyl groups excluding tert-OH is 1. The molecule has 0 atom stereocenters. The largest absolute Gasteiger partial charge is 0.474 e. The highest BCUT2D eigenvalue weighted by molar-refractivity contribution is 5.78. The Morgan fingerprint density at radius 3 is 2.42 bits per heavy atom. The molecule has 5 rings (SSSR count). The zero-order chi connectivity index (χ0) is 26.8. The first-order valence-corrected chi connectivity index (χ1v) is 13.4. The molecule has 4 aromatic rings. The summed E-state index contributed by atoms with van der Waals surface area (Å²) in [4.78, 5) is 36.8. The molecular formula is C29H35N5O4. The van der Waals surface area contributed by atoms with Crippen LogP contribution >= 0.6 is 0 Å². The topological polar surface area (TPSA) is 104 Å². The van der Waals surface area contributed by atoms with Gasteiger partial charge in [0, 0.05) is 37.4 Å². The molecule has 3 heterocycles. The first kappa shape index (κ1) is 25.9. The molecule has 0 spiro atoms. The van der Waals surface area contributed by atoms with Gasteiger partial charge in [0.25, 0.3) is 5.56 Å². The van der Waals surface area contributed by atoms with Crippen LogP contribution in [0.25, 0.3) is 22.6 Å². The Balaban J connectivity index is 1.73. The predicted octanol–water partition coefficient (Wildman–Crippen LogP) is 4.06. The third-order valence-electron chi connectivity index (χ3n) is 7.19. The van der Waals surface area contributed by atoms with Gasteiger partial charge in [0.05, 0.1) is 5.69 Å². The molecule has 0 bridgehead atoms. The van der Waals surface area contributed by atoms with Gasteiger partial charge >= 0.3 is 5.69 Å². The van der Waals surface area contributed by atoms with Crippen molar-refractivity contribution >= 4 is 11.2 Å².